The molecular formula is C20H17ClFN3O2. The van der Waals surface area contributed by atoms with E-state index in [1.165, 1.54) is 18.2 Å². The van der Waals surface area contributed by atoms with E-state index >= 15 is 0 Å². The van der Waals surface area contributed by atoms with Crippen LogP contribution in [0.4, 0.5) is 10.1 Å². The third-order valence-corrected chi connectivity index (χ3v) is 5.25. The van der Waals surface area contributed by atoms with Gasteiger partial charge in [-0.05, 0) is 49.2 Å². The Morgan fingerprint density at radius 1 is 1.26 bits per heavy atom. The summed E-state index contributed by atoms with van der Waals surface area (Å²) in [6.45, 7) is 4.51. The van der Waals surface area contributed by atoms with E-state index in [-0.39, 0.29) is 16.8 Å². The highest BCUT2D eigenvalue weighted by molar-refractivity contribution is 6.31. The molecule has 138 valence electrons. The summed E-state index contributed by atoms with van der Waals surface area (Å²) in [5.41, 5.74) is 3.69. The molecule has 5 nitrogen and oxygen atoms in total. The van der Waals surface area contributed by atoms with Crippen molar-refractivity contribution >= 4 is 23.2 Å². The molecule has 1 aliphatic heterocycles. The van der Waals surface area contributed by atoms with Crippen molar-refractivity contribution in [2.45, 2.75) is 26.2 Å². The van der Waals surface area contributed by atoms with Gasteiger partial charge in [0.15, 0.2) is 0 Å². The molecule has 1 aromatic heterocycles. The van der Waals surface area contributed by atoms with Crippen molar-refractivity contribution in [3.63, 3.8) is 0 Å². The van der Waals surface area contributed by atoms with Crippen LogP contribution in [0, 0.1) is 19.7 Å². The number of benzene rings is 2. The minimum atomic E-state index is -0.505. The Balaban J connectivity index is 1.59. The number of halogens is 2. The predicted octanol–water partition coefficient (Wildman–Crippen LogP) is 4.67. The molecule has 0 radical (unpaired) electrons. The summed E-state index contributed by atoms with van der Waals surface area (Å²) in [5, 5.41) is 3.96. The number of rotatable bonds is 3. The Labute approximate surface area is 160 Å². The molecule has 4 rings (SSSR count). The molecule has 0 N–H and O–H groups in total. The van der Waals surface area contributed by atoms with E-state index in [0.29, 0.717) is 30.2 Å². The molecule has 0 bridgehead atoms. The van der Waals surface area contributed by atoms with Gasteiger partial charge in [-0.3, -0.25) is 4.79 Å². The van der Waals surface area contributed by atoms with Crippen molar-refractivity contribution in [1.29, 1.82) is 0 Å². The number of aromatic nitrogens is 2. The zero-order valence-corrected chi connectivity index (χ0v) is 15.6. The second-order valence-electron chi connectivity index (χ2n) is 6.71. The summed E-state index contributed by atoms with van der Waals surface area (Å²) in [6, 6.07) is 10.2. The predicted molar refractivity (Wildman–Crippen MR) is 100 cm³/mol. The first-order valence-electron chi connectivity index (χ1n) is 8.59. The molecule has 1 amide bonds. The van der Waals surface area contributed by atoms with E-state index in [4.69, 9.17) is 16.1 Å². The van der Waals surface area contributed by atoms with Crippen LogP contribution in [0.3, 0.4) is 0 Å². The second-order valence-corrected chi connectivity index (χ2v) is 7.12. The third kappa shape index (κ3) is 3.21. The standard InChI is InChI=1S/C20H17ClFN3O2/c1-11-4-3-5-17(12(11)2)25-10-14(9-18(25)26)20-23-19(24-27-20)13-6-7-16(22)15(21)8-13/h3-8,14H,9-10H2,1-2H3. The maximum absolute atomic E-state index is 13.3. The summed E-state index contributed by atoms with van der Waals surface area (Å²) in [5.74, 6) is 0.0543. The molecule has 0 aliphatic carbocycles. The fourth-order valence-corrected chi connectivity index (χ4v) is 3.47. The number of nitrogens with zero attached hydrogens (tertiary/aromatic N) is 3. The molecule has 3 aromatic rings. The summed E-state index contributed by atoms with van der Waals surface area (Å²) in [4.78, 5) is 18.7. The van der Waals surface area contributed by atoms with Crippen LogP contribution in [0.2, 0.25) is 5.02 Å². The lowest BCUT2D eigenvalue weighted by atomic mass is 10.1. The van der Waals surface area contributed by atoms with Crippen LogP contribution in [0.25, 0.3) is 11.4 Å². The molecule has 0 spiro atoms. The molecule has 1 aliphatic rings. The van der Waals surface area contributed by atoms with Crippen LogP contribution in [-0.2, 0) is 4.79 Å². The monoisotopic (exact) mass is 385 g/mol. The van der Waals surface area contributed by atoms with E-state index in [2.05, 4.69) is 10.1 Å². The molecule has 1 saturated heterocycles. The van der Waals surface area contributed by atoms with Gasteiger partial charge in [0.1, 0.15) is 5.82 Å². The highest BCUT2D eigenvalue weighted by Crippen LogP contribution is 2.34. The van der Waals surface area contributed by atoms with Crippen molar-refractivity contribution in [3.05, 3.63) is 64.3 Å². The smallest absolute Gasteiger partial charge is 0.232 e. The lowest BCUT2D eigenvalue weighted by Gasteiger charge is -2.19. The molecule has 7 heteroatoms. The highest BCUT2D eigenvalue weighted by atomic mass is 35.5. The van der Waals surface area contributed by atoms with E-state index in [0.717, 1.165) is 16.8 Å². The maximum atomic E-state index is 13.3. The number of carbonyl (C=O) groups excluding carboxylic acids is 1. The zero-order valence-electron chi connectivity index (χ0n) is 14.9. The van der Waals surface area contributed by atoms with Crippen molar-refractivity contribution in [1.82, 2.24) is 10.1 Å². The minimum Gasteiger partial charge on any atom is -0.339 e. The Morgan fingerprint density at radius 3 is 2.85 bits per heavy atom. The van der Waals surface area contributed by atoms with Gasteiger partial charge >= 0.3 is 0 Å². The van der Waals surface area contributed by atoms with Gasteiger partial charge in [0.2, 0.25) is 17.6 Å². The number of anilines is 1. The van der Waals surface area contributed by atoms with Gasteiger partial charge in [-0.1, -0.05) is 28.9 Å². The van der Waals surface area contributed by atoms with Gasteiger partial charge in [0, 0.05) is 24.2 Å². The van der Waals surface area contributed by atoms with Crippen LogP contribution in [-0.4, -0.2) is 22.6 Å². The van der Waals surface area contributed by atoms with Gasteiger partial charge in [-0.2, -0.15) is 4.98 Å². The summed E-state index contributed by atoms with van der Waals surface area (Å²) in [7, 11) is 0. The van der Waals surface area contributed by atoms with Gasteiger partial charge < -0.3 is 9.42 Å². The van der Waals surface area contributed by atoms with Gasteiger partial charge in [-0.25, -0.2) is 4.39 Å². The number of amides is 1. The molecular weight excluding hydrogens is 369 g/mol. The van der Waals surface area contributed by atoms with Crippen LogP contribution in [0.15, 0.2) is 40.9 Å². The fraction of sp³-hybridized carbons (Fsp3) is 0.250. The summed E-state index contributed by atoms with van der Waals surface area (Å²) >= 11 is 5.82. The van der Waals surface area contributed by atoms with Crippen molar-refractivity contribution < 1.29 is 13.7 Å². The van der Waals surface area contributed by atoms with Crippen LogP contribution >= 0.6 is 11.6 Å². The number of aryl methyl sites for hydroxylation is 1. The Hall–Kier alpha value is -2.73. The van der Waals surface area contributed by atoms with Crippen LogP contribution in [0.5, 0.6) is 0 Å². The number of hydrogen-bond donors (Lipinski definition) is 0. The second kappa shape index (κ2) is 6.78. The maximum Gasteiger partial charge on any atom is 0.232 e. The Morgan fingerprint density at radius 2 is 2.07 bits per heavy atom. The summed E-state index contributed by atoms with van der Waals surface area (Å²) in [6.07, 6.45) is 0.305. The topological polar surface area (TPSA) is 59.2 Å². The molecule has 2 aromatic carbocycles. The minimum absolute atomic E-state index is 0.00371. The Bertz CT molecular complexity index is 1030. The largest absolute Gasteiger partial charge is 0.339 e. The average molecular weight is 386 g/mol. The molecule has 1 atom stereocenters. The zero-order chi connectivity index (χ0) is 19.1. The van der Waals surface area contributed by atoms with Crippen molar-refractivity contribution in [2.24, 2.45) is 0 Å². The van der Waals surface area contributed by atoms with Crippen molar-refractivity contribution in [2.75, 3.05) is 11.4 Å². The highest BCUT2D eigenvalue weighted by Gasteiger charge is 2.35. The molecule has 1 unspecified atom stereocenters. The van der Waals surface area contributed by atoms with Gasteiger partial charge in [0.05, 0.1) is 10.9 Å². The van der Waals surface area contributed by atoms with E-state index in [9.17, 15) is 9.18 Å². The molecule has 2 heterocycles. The first kappa shape index (κ1) is 17.7. The number of carbonyl (C=O) groups is 1. The van der Waals surface area contributed by atoms with E-state index in [1.54, 1.807) is 4.90 Å². The molecule has 0 saturated carbocycles. The van der Waals surface area contributed by atoms with Gasteiger partial charge in [0.25, 0.3) is 0 Å². The lowest BCUT2D eigenvalue weighted by molar-refractivity contribution is -0.117. The molecule has 27 heavy (non-hydrogen) atoms. The third-order valence-electron chi connectivity index (χ3n) is 4.96. The normalized spacial score (nSPS) is 17.0. The SMILES string of the molecule is Cc1cccc(N2CC(c3nc(-c4ccc(F)c(Cl)c4)no3)CC2=O)c1C. The van der Waals surface area contributed by atoms with Crippen molar-refractivity contribution in [3.8, 4) is 11.4 Å². The van der Waals surface area contributed by atoms with Crippen LogP contribution in [0.1, 0.15) is 29.4 Å². The Kier molecular flexibility index (Phi) is 4.44. The summed E-state index contributed by atoms with van der Waals surface area (Å²) < 4.78 is 18.7. The molecule has 1 fully saturated rings. The van der Waals surface area contributed by atoms with E-state index < -0.39 is 5.82 Å². The first-order chi connectivity index (χ1) is 12.9. The van der Waals surface area contributed by atoms with Gasteiger partial charge in [-0.15, -0.1) is 0 Å². The first-order valence-corrected chi connectivity index (χ1v) is 8.97. The average Bonchev–Trinajstić information content (AvgIpc) is 3.27. The quantitative estimate of drug-likeness (QED) is 0.657. The lowest BCUT2D eigenvalue weighted by Crippen LogP contribution is -2.25. The fourth-order valence-electron chi connectivity index (χ4n) is 3.29. The number of hydrogen-bond acceptors (Lipinski definition) is 4. The van der Waals surface area contributed by atoms with E-state index in [1.807, 2.05) is 32.0 Å². The van der Waals surface area contributed by atoms with Crippen LogP contribution < -0.4 is 4.90 Å².